The van der Waals surface area contributed by atoms with Gasteiger partial charge in [-0.2, -0.15) is 0 Å². The predicted molar refractivity (Wildman–Crippen MR) is 108 cm³/mol. The van der Waals surface area contributed by atoms with E-state index in [1.165, 1.54) is 35.1 Å². The number of benzene rings is 2. The molecule has 8 heteroatoms. The number of rotatable bonds is 2. The van der Waals surface area contributed by atoms with E-state index in [1.54, 1.807) is 31.2 Å². The molecular weight excluding hydrogens is 407 g/mol. The van der Waals surface area contributed by atoms with Gasteiger partial charge in [0.15, 0.2) is 4.80 Å². The van der Waals surface area contributed by atoms with Crippen molar-refractivity contribution in [2.45, 2.75) is 18.7 Å². The van der Waals surface area contributed by atoms with Gasteiger partial charge in [0.2, 0.25) is 5.72 Å². The van der Waals surface area contributed by atoms with E-state index in [0.717, 1.165) is 5.56 Å². The summed E-state index contributed by atoms with van der Waals surface area (Å²) < 4.78 is 26.7. The average Bonchev–Trinajstić information content (AvgIpc) is 3.00. The molecule has 2 aromatic carbocycles. The second kappa shape index (κ2) is 6.63. The molecule has 0 spiro atoms. The minimum Gasteiger partial charge on any atom is -0.469 e. The number of fused-ring (bicyclic) bond motifs is 6. The summed E-state index contributed by atoms with van der Waals surface area (Å²) in [5.74, 6) is -1.13. The molecule has 3 unspecified atom stereocenters. The van der Waals surface area contributed by atoms with E-state index in [0.29, 0.717) is 20.6 Å². The Morgan fingerprint density at radius 3 is 2.87 bits per heavy atom. The highest BCUT2D eigenvalue weighted by Gasteiger charge is 2.55. The first kappa shape index (κ1) is 18.7. The fourth-order valence-electron chi connectivity index (χ4n) is 4.18. The van der Waals surface area contributed by atoms with Gasteiger partial charge in [-0.3, -0.25) is 14.2 Å². The number of para-hydroxylation sites is 1. The Hall–Kier alpha value is -3.26. The molecule has 0 fully saturated rings. The van der Waals surface area contributed by atoms with Crippen molar-refractivity contribution in [1.29, 1.82) is 0 Å². The van der Waals surface area contributed by atoms with Crippen molar-refractivity contribution in [3.63, 3.8) is 0 Å². The summed E-state index contributed by atoms with van der Waals surface area (Å²) in [4.78, 5) is 31.2. The van der Waals surface area contributed by atoms with Gasteiger partial charge in [-0.1, -0.05) is 41.7 Å². The summed E-state index contributed by atoms with van der Waals surface area (Å²) in [6, 6.07) is 12.7. The highest BCUT2D eigenvalue weighted by Crippen LogP contribution is 2.47. The Balaban J connectivity index is 1.80. The van der Waals surface area contributed by atoms with E-state index in [2.05, 4.69) is 4.99 Å². The van der Waals surface area contributed by atoms with Gasteiger partial charge in [-0.15, -0.1) is 0 Å². The number of hydrogen-bond acceptors (Lipinski definition) is 6. The van der Waals surface area contributed by atoms with Crippen molar-refractivity contribution in [3.8, 4) is 5.75 Å². The molecule has 0 saturated heterocycles. The highest BCUT2D eigenvalue weighted by molar-refractivity contribution is 7.07. The molecule has 1 aromatic heterocycles. The summed E-state index contributed by atoms with van der Waals surface area (Å²) in [7, 11) is 1.31. The molecule has 2 bridgehead atoms. The lowest BCUT2D eigenvalue weighted by atomic mass is 9.81. The van der Waals surface area contributed by atoms with Crippen LogP contribution in [0.4, 0.5) is 4.39 Å². The van der Waals surface area contributed by atoms with Crippen LogP contribution in [0.3, 0.4) is 0 Å². The molecule has 0 saturated carbocycles. The number of esters is 1. The van der Waals surface area contributed by atoms with Crippen molar-refractivity contribution < 1.29 is 18.7 Å². The Kier molecular flexibility index (Phi) is 4.14. The Morgan fingerprint density at radius 2 is 2.10 bits per heavy atom. The first-order valence-electron chi connectivity index (χ1n) is 9.35. The summed E-state index contributed by atoms with van der Waals surface area (Å²) in [5.41, 5.74) is -0.208. The molecule has 5 rings (SSSR count). The third kappa shape index (κ3) is 2.71. The monoisotopic (exact) mass is 424 g/mol. The van der Waals surface area contributed by atoms with Gasteiger partial charge in [-0.05, 0) is 36.8 Å². The maximum Gasteiger partial charge on any atom is 0.317 e. The maximum absolute atomic E-state index is 13.6. The normalized spacial score (nSPS) is 24.3. The number of aromatic nitrogens is 1. The Bertz CT molecular complexity index is 1360. The van der Waals surface area contributed by atoms with Crippen molar-refractivity contribution >= 4 is 23.4 Å². The minimum atomic E-state index is -1.21. The molecule has 2 aliphatic rings. The molecule has 0 aliphatic carbocycles. The second-order valence-electron chi connectivity index (χ2n) is 7.38. The largest absolute Gasteiger partial charge is 0.469 e. The molecule has 0 N–H and O–H groups in total. The number of halogens is 1. The zero-order valence-electron chi connectivity index (χ0n) is 16.2. The SMILES string of the molecule is COC(=O)C1C2c3ccccc3OC1(C)N=c1sc(=Cc3cccc(F)c3)c(=O)n12. The fraction of sp³-hybridized carbons (Fsp3) is 0.227. The van der Waals surface area contributed by atoms with Crippen LogP contribution >= 0.6 is 11.3 Å². The van der Waals surface area contributed by atoms with Gasteiger partial charge in [0.1, 0.15) is 17.5 Å². The van der Waals surface area contributed by atoms with Crippen molar-refractivity contribution in [2.24, 2.45) is 10.9 Å². The molecule has 6 nitrogen and oxygen atoms in total. The number of carbonyl (C=O) groups excluding carboxylic acids is 1. The number of nitrogens with zero attached hydrogens (tertiary/aromatic N) is 2. The molecule has 2 aliphatic heterocycles. The maximum atomic E-state index is 13.6. The van der Waals surface area contributed by atoms with E-state index in [-0.39, 0.29) is 11.4 Å². The molecule has 0 amide bonds. The van der Waals surface area contributed by atoms with Crippen LogP contribution in [0.15, 0.2) is 58.3 Å². The van der Waals surface area contributed by atoms with E-state index >= 15 is 0 Å². The first-order chi connectivity index (χ1) is 14.4. The van der Waals surface area contributed by atoms with Gasteiger partial charge < -0.3 is 9.47 Å². The molecule has 0 radical (unpaired) electrons. The van der Waals surface area contributed by atoms with Gasteiger partial charge in [0.25, 0.3) is 5.56 Å². The van der Waals surface area contributed by atoms with Crippen molar-refractivity contribution in [1.82, 2.24) is 4.57 Å². The molecular formula is C22H17FN2O4S. The van der Waals surface area contributed by atoms with Crippen LogP contribution in [0.5, 0.6) is 5.75 Å². The zero-order valence-corrected chi connectivity index (χ0v) is 17.0. The van der Waals surface area contributed by atoms with E-state index in [1.807, 2.05) is 18.2 Å². The standard InChI is InChI=1S/C22H17FN2O4S/c1-22-17(20(27)28-2)18(14-8-3-4-9-15(14)29-22)25-19(26)16(30-21(25)24-22)11-12-6-5-7-13(23)10-12/h3-11,17-18H,1-2H3. The molecule has 3 heterocycles. The lowest BCUT2D eigenvalue weighted by Crippen LogP contribution is -2.58. The van der Waals surface area contributed by atoms with Crippen LogP contribution in [0.1, 0.15) is 24.1 Å². The molecule has 3 aromatic rings. The average molecular weight is 424 g/mol. The number of thiazole rings is 1. The minimum absolute atomic E-state index is 0.291. The highest BCUT2D eigenvalue weighted by atomic mass is 32.1. The molecule has 152 valence electrons. The number of ether oxygens (including phenoxy) is 2. The lowest BCUT2D eigenvalue weighted by Gasteiger charge is -2.44. The van der Waals surface area contributed by atoms with E-state index in [9.17, 15) is 14.0 Å². The topological polar surface area (TPSA) is 69.9 Å². The van der Waals surface area contributed by atoms with Gasteiger partial charge in [0.05, 0.1) is 17.7 Å². The Morgan fingerprint density at radius 1 is 1.30 bits per heavy atom. The molecule has 3 atom stereocenters. The zero-order chi connectivity index (χ0) is 21.0. The third-order valence-electron chi connectivity index (χ3n) is 5.48. The quantitative estimate of drug-likeness (QED) is 0.590. The van der Waals surface area contributed by atoms with E-state index < -0.39 is 23.7 Å². The van der Waals surface area contributed by atoms with Crippen molar-refractivity contribution in [2.75, 3.05) is 7.11 Å². The first-order valence-corrected chi connectivity index (χ1v) is 10.2. The third-order valence-corrected chi connectivity index (χ3v) is 6.46. The predicted octanol–water partition coefficient (Wildman–Crippen LogP) is 2.00. The number of hydrogen-bond donors (Lipinski definition) is 0. The van der Waals surface area contributed by atoms with Crippen LogP contribution in [0.2, 0.25) is 0 Å². The molecule has 30 heavy (non-hydrogen) atoms. The fourth-order valence-corrected chi connectivity index (χ4v) is 5.28. The van der Waals surface area contributed by atoms with Crippen LogP contribution in [-0.2, 0) is 9.53 Å². The lowest BCUT2D eigenvalue weighted by molar-refractivity contribution is -0.158. The van der Waals surface area contributed by atoms with Gasteiger partial charge in [0, 0.05) is 5.56 Å². The van der Waals surface area contributed by atoms with Gasteiger partial charge in [-0.25, -0.2) is 9.38 Å². The van der Waals surface area contributed by atoms with Gasteiger partial charge >= 0.3 is 5.97 Å². The summed E-state index contributed by atoms with van der Waals surface area (Å²) in [5, 5.41) is 0. The number of methoxy groups -OCH3 is 1. The second-order valence-corrected chi connectivity index (χ2v) is 8.38. The van der Waals surface area contributed by atoms with E-state index in [4.69, 9.17) is 9.47 Å². The number of carbonyl (C=O) groups is 1. The summed E-state index contributed by atoms with van der Waals surface area (Å²) in [6.45, 7) is 1.72. The van der Waals surface area contributed by atoms with Crippen LogP contribution in [0.25, 0.3) is 6.08 Å². The Labute approximate surface area is 174 Å². The van der Waals surface area contributed by atoms with Crippen LogP contribution < -0.4 is 19.6 Å². The smallest absolute Gasteiger partial charge is 0.317 e. The van der Waals surface area contributed by atoms with Crippen LogP contribution in [0, 0.1) is 11.7 Å². The summed E-state index contributed by atoms with van der Waals surface area (Å²) >= 11 is 1.19. The van der Waals surface area contributed by atoms with Crippen molar-refractivity contribution in [3.05, 3.63) is 85.2 Å². The van der Waals surface area contributed by atoms with Crippen LogP contribution in [-0.4, -0.2) is 23.4 Å². The summed E-state index contributed by atoms with van der Waals surface area (Å²) in [6.07, 6.45) is 1.63.